The van der Waals surface area contributed by atoms with Crippen molar-refractivity contribution in [3.63, 3.8) is 0 Å². The molecule has 0 saturated carbocycles. The Kier molecular flexibility index (Phi) is 4.62. The van der Waals surface area contributed by atoms with Crippen molar-refractivity contribution >= 4 is 28.8 Å². The SMILES string of the molecule is Cn1cc(C2=CC(c3cc(-c4ncccc4Cl)cc(Cl)n3)CC=C2)cn1. The number of nitrogens with zero attached hydrogens (tertiary/aromatic N) is 4. The van der Waals surface area contributed by atoms with Gasteiger partial charge in [0, 0.05) is 36.5 Å². The highest BCUT2D eigenvalue weighted by molar-refractivity contribution is 6.33. The molecule has 4 nitrogen and oxygen atoms in total. The molecule has 6 heteroatoms. The number of pyridine rings is 2. The number of aromatic nitrogens is 4. The molecule has 3 heterocycles. The summed E-state index contributed by atoms with van der Waals surface area (Å²) in [7, 11) is 1.91. The fourth-order valence-corrected chi connectivity index (χ4v) is 3.54. The molecule has 0 spiro atoms. The monoisotopic (exact) mass is 382 g/mol. The van der Waals surface area contributed by atoms with Crippen LogP contribution in [-0.2, 0) is 7.05 Å². The van der Waals surface area contributed by atoms with Crippen molar-refractivity contribution in [2.75, 3.05) is 0 Å². The third-order valence-electron chi connectivity index (χ3n) is 4.33. The van der Waals surface area contributed by atoms with Crippen LogP contribution in [0, 0.1) is 0 Å². The van der Waals surface area contributed by atoms with Crippen molar-refractivity contribution in [1.82, 2.24) is 19.7 Å². The van der Waals surface area contributed by atoms with Gasteiger partial charge in [0.25, 0.3) is 0 Å². The van der Waals surface area contributed by atoms with E-state index in [1.54, 1.807) is 16.9 Å². The van der Waals surface area contributed by atoms with Crippen molar-refractivity contribution in [3.8, 4) is 11.3 Å². The molecule has 130 valence electrons. The molecule has 0 aliphatic heterocycles. The largest absolute Gasteiger partial charge is 0.275 e. The summed E-state index contributed by atoms with van der Waals surface area (Å²) in [6.07, 6.45) is 12.9. The van der Waals surface area contributed by atoms with Crippen molar-refractivity contribution in [2.24, 2.45) is 7.05 Å². The van der Waals surface area contributed by atoms with Gasteiger partial charge in [0.1, 0.15) is 5.15 Å². The molecule has 26 heavy (non-hydrogen) atoms. The van der Waals surface area contributed by atoms with Crippen LogP contribution >= 0.6 is 23.2 Å². The van der Waals surface area contributed by atoms with Gasteiger partial charge in [-0.1, -0.05) is 41.4 Å². The second kappa shape index (κ2) is 7.06. The van der Waals surface area contributed by atoms with E-state index in [0.29, 0.717) is 15.9 Å². The molecule has 3 aromatic heterocycles. The molecule has 1 atom stereocenters. The summed E-state index contributed by atoms with van der Waals surface area (Å²) in [4.78, 5) is 8.92. The first kappa shape index (κ1) is 17.0. The number of hydrogen-bond acceptors (Lipinski definition) is 3. The molecule has 3 aromatic rings. The number of hydrogen-bond donors (Lipinski definition) is 0. The Bertz CT molecular complexity index is 1020. The van der Waals surface area contributed by atoms with Crippen LogP contribution in [0.2, 0.25) is 10.2 Å². The molecule has 0 bridgehead atoms. The standard InChI is InChI=1S/C20H16Cl2N4/c1-26-12-16(11-24-26)13-4-2-5-14(8-13)18-9-15(10-19(22)25-18)20-17(21)6-3-7-23-20/h2-4,6-12,14H,5H2,1H3. The maximum Gasteiger partial charge on any atom is 0.130 e. The Morgan fingerprint density at radius 2 is 2.08 bits per heavy atom. The molecular weight excluding hydrogens is 367 g/mol. The number of halogens is 2. The molecule has 0 amide bonds. The highest BCUT2D eigenvalue weighted by Gasteiger charge is 2.17. The summed E-state index contributed by atoms with van der Waals surface area (Å²) in [5.74, 6) is 0.134. The molecule has 0 fully saturated rings. The zero-order valence-corrected chi connectivity index (χ0v) is 15.6. The lowest BCUT2D eigenvalue weighted by atomic mass is 9.90. The Balaban J connectivity index is 1.73. The third-order valence-corrected chi connectivity index (χ3v) is 4.83. The first-order valence-electron chi connectivity index (χ1n) is 8.26. The lowest BCUT2D eigenvalue weighted by molar-refractivity contribution is 0.767. The Morgan fingerprint density at radius 1 is 1.19 bits per heavy atom. The minimum absolute atomic E-state index is 0.134. The van der Waals surface area contributed by atoms with Crippen LogP contribution < -0.4 is 0 Å². The lowest BCUT2D eigenvalue weighted by Gasteiger charge is -2.17. The lowest BCUT2D eigenvalue weighted by Crippen LogP contribution is -2.03. The molecule has 0 radical (unpaired) electrons. The van der Waals surface area contributed by atoms with E-state index in [1.165, 1.54) is 0 Å². The number of allylic oxidation sites excluding steroid dienone is 4. The molecule has 0 aromatic carbocycles. The normalized spacial score (nSPS) is 16.6. The molecule has 1 aliphatic carbocycles. The second-order valence-corrected chi connectivity index (χ2v) is 7.00. The van der Waals surface area contributed by atoms with Crippen LogP contribution in [0.25, 0.3) is 16.8 Å². The zero-order valence-electron chi connectivity index (χ0n) is 14.1. The van der Waals surface area contributed by atoms with Crippen LogP contribution in [0.15, 0.2) is 61.1 Å². The zero-order chi connectivity index (χ0) is 18.1. The molecule has 1 aliphatic rings. The Hall–Kier alpha value is -2.43. The number of aryl methyl sites for hydroxylation is 1. The van der Waals surface area contributed by atoms with Crippen LogP contribution in [-0.4, -0.2) is 19.7 Å². The van der Waals surface area contributed by atoms with E-state index in [2.05, 4.69) is 33.3 Å². The minimum Gasteiger partial charge on any atom is -0.275 e. The van der Waals surface area contributed by atoms with E-state index in [1.807, 2.05) is 37.6 Å². The molecule has 0 N–H and O–H groups in total. The topological polar surface area (TPSA) is 43.6 Å². The first-order valence-corrected chi connectivity index (χ1v) is 9.01. The van der Waals surface area contributed by atoms with Gasteiger partial charge in [0.2, 0.25) is 0 Å². The fraction of sp³-hybridized carbons (Fsp3) is 0.150. The number of rotatable bonds is 3. The van der Waals surface area contributed by atoms with E-state index < -0.39 is 0 Å². The summed E-state index contributed by atoms with van der Waals surface area (Å²) in [5.41, 5.74) is 4.70. The van der Waals surface area contributed by atoms with E-state index in [4.69, 9.17) is 23.2 Å². The summed E-state index contributed by atoms with van der Waals surface area (Å²) >= 11 is 12.6. The van der Waals surface area contributed by atoms with Crippen molar-refractivity contribution in [1.29, 1.82) is 0 Å². The van der Waals surface area contributed by atoms with E-state index >= 15 is 0 Å². The van der Waals surface area contributed by atoms with E-state index in [9.17, 15) is 0 Å². The third kappa shape index (κ3) is 3.43. The van der Waals surface area contributed by atoms with Gasteiger partial charge in [-0.3, -0.25) is 9.67 Å². The maximum absolute atomic E-state index is 6.30. The molecule has 1 unspecified atom stereocenters. The van der Waals surface area contributed by atoms with Crippen molar-refractivity contribution in [2.45, 2.75) is 12.3 Å². The van der Waals surface area contributed by atoms with E-state index in [-0.39, 0.29) is 5.92 Å². The smallest absolute Gasteiger partial charge is 0.130 e. The maximum atomic E-state index is 6.30. The van der Waals surface area contributed by atoms with Crippen LogP contribution in [0.4, 0.5) is 0 Å². The van der Waals surface area contributed by atoms with Gasteiger partial charge in [0.05, 0.1) is 22.6 Å². The predicted molar refractivity (Wildman–Crippen MR) is 105 cm³/mol. The molecule has 4 rings (SSSR count). The van der Waals surface area contributed by atoms with Crippen molar-refractivity contribution < 1.29 is 0 Å². The van der Waals surface area contributed by atoms with E-state index in [0.717, 1.165) is 28.8 Å². The van der Waals surface area contributed by atoms with Crippen LogP contribution in [0.5, 0.6) is 0 Å². The highest BCUT2D eigenvalue weighted by Crippen LogP contribution is 2.34. The van der Waals surface area contributed by atoms with Gasteiger partial charge in [-0.2, -0.15) is 5.10 Å². The quantitative estimate of drug-likeness (QED) is 0.576. The predicted octanol–water partition coefficient (Wildman–Crippen LogP) is 5.31. The summed E-state index contributed by atoms with van der Waals surface area (Å²) in [6, 6.07) is 7.44. The Labute approximate surface area is 161 Å². The first-order chi connectivity index (χ1) is 12.6. The average Bonchev–Trinajstić information content (AvgIpc) is 3.08. The summed E-state index contributed by atoms with van der Waals surface area (Å²) in [6.45, 7) is 0. The van der Waals surface area contributed by atoms with Gasteiger partial charge in [-0.15, -0.1) is 0 Å². The molecule has 0 saturated heterocycles. The van der Waals surface area contributed by atoms with Gasteiger partial charge < -0.3 is 0 Å². The van der Waals surface area contributed by atoms with Gasteiger partial charge in [-0.25, -0.2) is 4.98 Å². The summed E-state index contributed by atoms with van der Waals surface area (Å²) in [5, 5.41) is 5.28. The minimum atomic E-state index is 0.134. The van der Waals surface area contributed by atoms with Gasteiger partial charge in [0.15, 0.2) is 0 Å². The summed E-state index contributed by atoms with van der Waals surface area (Å²) < 4.78 is 1.80. The van der Waals surface area contributed by atoms with Crippen LogP contribution in [0.1, 0.15) is 23.6 Å². The molecular formula is C20H16Cl2N4. The highest BCUT2D eigenvalue weighted by atomic mass is 35.5. The van der Waals surface area contributed by atoms with Gasteiger partial charge >= 0.3 is 0 Å². The van der Waals surface area contributed by atoms with Crippen LogP contribution in [0.3, 0.4) is 0 Å². The Morgan fingerprint density at radius 3 is 2.85 bits per heavy atom. The van der Waals surface area contributed by atoms with Crippen molar-refractivity contribution in [3.05, 3.63) is 82.5 Å². The second-order valence-electron chi connectivity index (χ2n) is 6.21. The van der Waals surface area contributed by atoms with Gasteiger partial charge in [-0.05, 0) is 36.3 Å². The average molecular weight is 383 g/mol. The fourth-order valence-electron chi connectivity index (χ4n) is 3.09.